The number of allylic oxidation sites excluding steroid dienone is 1. The van der Waals surface area contributed by atoms with Crippen molar-refractivity contribution in [1.29, 1.82) is 0 Å². The van der Waals surface area contributed by atoms with Crippen molar-refractivity contribution in [2.24, 2.45) is 11.8 Å². The van der Waals surface area contributed by atoms with Crippen LogP contribution in [0.25, 0.3) is 0 Å². The van der Waals surface area contributed by atoms with E-state index in [0.717, 1.165) is 31.4 Å². The molecule has 1 saturated heterocycles. The molecular formula is C23H30FN3O3. The maximum absolute atomic E-state index is 14.0. The van der Waals surface area contributed by atoms with E-state index in [9.17, 15) is 14.0 Å². The molecule has 2 saturated carbocycles. The zero-order valence-electron chi connectivity index (χ0n) is 17.2. The number of hydrogen-bond donors (Lipinski definition) is 3. The van der Waals surface area contributed by atoms with Crippen molar-refractivity contribution < 1.29 is 18.7 Å². The molecular weight excluding hydrogens is 385 g/mol. The fraction of sp³-hybridized carbons (Fsp3) is 0.565. The lowest BCUT2D eigenvalue weighted by Gasteiger charge is -2.20. The third kappa shape index (κ3) is 5.46. The van der Waals surface area contributed by atoms with Crippen molar-refractivity contribution in [3.8, 4) is 5.75 Å². The van der Waals surface area contributed by atoms with E-state index in [-0.39, 0.29) is 29.1 Å². The molecule has 1 unspecified atom stereocenters. The van der Waals surface area contributed by atoms with Gasteiger partial charge in [-0.15, -0.1) is 0 Å². The second-order valence-electron chi connectivity index (χ2n) is 8.68. The summed E-state index contributed by atoms with van der Waals surface area (Å²) in [4.78, 5) is 22.9. The third-order valence-electron chi connectivity index (χ3n) is 6.11. The number of hydrogen-bond acceptors (Lipinski definition) is 5. The highest BCUT2D eigenvalue weighted by molar-refractivity contribution is 5.98. The Morgan fingerprint density at radius 3 is 2.77 bits per heavy atom. The van der Waals surface area contributed by atoms with Crippen LogP contribution in [0.15, 0.2) is 30.4 Å². The number of carbonyl (C=O) groups is 2. The van der Waals surface area contributed by atoms with Crippen LogP contribution in [0.2, 0.25) is 0 Å². The SMILES string of the molecule is O=C1CCC(C/C=C/CCNNC2(c3ccc(F)c(OCC4CC4)c3)CC2)C(=O)N1. The molecule has 0 bridgehead atoms. The number of amides is 2. The van der Waals surface area contributed by atoms with Gasteiger partial charge in [-0.1, -0.05) is 18.2 Å². The Hall–Kier alpha value is -2.25. The number of imide groups is 1. The van der Waals surface area contributed by atoms with Crippen LogP contribution in [0.4, 0.5) is 4.39 Å². The third-order valence-corrected chi connectivity index (χ3v) is 6.11. The zero-order chi connectivity index (χ0) is 21.0. The molecule has 6 nitrogen and oxygen atoms in total. The predicted molar refractivity (Wildman–Crippen MR) is 111 cm³/mol. The van der Waals surface area contributed by atoms with Gasteiger partial charge in [0.15, 0.2) is 11.6 Å². The van der Waals surface area contributed by atoms with Crippen LogP contribution in [0.5, 0.6) is 5.75 Å². The van der Waals surface area contributed by atoms with Gasteiger partial charge in [-0.05, 0) is 68.6 Å². The molecule has 2 aliphatic carbocycles. The van der Waals surface area contributed by atoms with Gasteiger partial charge in [0.25, 0.3) is 0 Å². The number of ether oxygens (including phenoxy) is 1. The molecule has 3 N–H and O–H groups in total. The number of halogens is 1. The number of hydrazine groups is 1. The summed E-state index contributed by atoms with van der Waals surface area (Å²) in [5.41, 5.74) is 7.57. The Labute approximate surface area is 176 Å². The van der Waals surface area contributed by atoms with Gasteiger partial charge in [0, 0.05) is 18.9 Å². The van der Waals surface area contributed by atoms with E-state index in [1.807, 2.05) is 18.2 Å². The molecule has 30 heavy (non-hydrogen) atoms. The molecule has 0 aromatic heterocycles. The molecule has 162 valence electrons. The van der Waals surface area contributed by atoms with Crippen molar-refractivity contribution in [2.75, 3.05) is 13.2 Å². The fourth-order valence-electron chi connectivity index (χ4n) is 3.74. The number of nitrogens with one attached hydrogen (secondary N) is 3. The Balaban J connectivity index is 1.18. The van der Waals surface area contributed by atoms with Gasteiger partial charge in [0.2, 0.25) is 11.8 Å². The lowest BCUT2D eigenvalue weighted by molar-refractivity contribution is -0.136. The van der Waals surface area contributed by atoms with Gasteiger partial charge in [0.1, 0.15) is 0 Å². The smallest absolute Gasteiger partial charge is 0.229 e. The molecule has 1 aliphatic heterocycles. The summed E-state index contributed by atoms with van der Waals surface area (Å²) in [6.45, 7) is 1.35. The zero-order valence-corrected chi connectivity index (χ0v) is 17.2. The lowest BCUT2D eigenvalue weighted by Crippen LogP contribution is -2.41. The predicted octanol–water partition coefficient (Wildman–Crippen LogP) is 3.09. The van der Waals surface area contributed by atoms with Crippen LogP contribution in [0.3, 0.4) is 0 Å². The normalized spacial score (nSPS) is 22.9. The molecule has 1 atom stereocenters. The molecule has 1 aromatic carbocycles. The van der Waals surface area contributed by atoms with Crippen LogP contribution < -0.4 is 20.9 Å². The van der Waals surface area contributed by atoms with Crippen LogP contribution >= 0.6 is 0 Å². The number of rotatable bonds is 11. The first kappa shape index (κ1) is 21.0. The van der Waals surface area contributed by atoms with E-state index >= 15 is 0 Å². The van der Waals surface area contributed by atoms with Gasteiger partial charge >= 0.3 is 0 Å². The van der Waals surface area contributed by atoms with E-state index in [0.29, 0.717) is 37.5 Å². The van der Waals surface area contributed by atoms with Crippen LogP contribution in [0.1, 0.15) is 56.9 Å². The van der Waals surface area contributed by atoms with E-state index < -0.39 is 0 Å². The minimum Gasteiger partial charge on any atom is -0.490 e. The summed E-state index contributed by atoms with van der Waals surface area (Å²) in [5, 5.41) is 2.39. The van der Waals surface area contributed by atoms with E-state index in [4.69, 9.17) is 4.74 Å². The van der Waals surface area contributed by atoms with Crippen molar-refractivity contribution in [3.05, 3.63) is 41.7 Å². The van der Waals surface area contributed by atoms with Crippen molar-refractivity contribution in [1.82, 2.24) is 16.2 Å². The molecule has 1 heterocycles. The summed E-state index contributed by atoms with van der Waals surface area (Å²) >= 11 is 0. The quantitative estimate of drug-likeness (QED) is 0.224. The Kier molecular flexibility index (Phi) is 6.49. The first-order valence-corrected chi connectivity index (χ1v) is 11.0. The molecule has 4 rings (SSSR count). The monoisotopic (exact) mass is 415 g/mol. The molecule has 1 aromatic rings. The average Bonchev–Trinajstić information content (AvgIpc) is 3.64. The summed E-state index contributed by atoms with van der Waals surface area (Å²) in [7, 11) is 0. The Bertz CT molecular complexity index is 818. The first-order valence-electron chi connectivity index (χ1n) is 11.0. The van der Waals surface area contributed by atoms with Crippen LogP contribution in [-0.4, -0.2) is 25.0 Å². The van der Waals surface area contributed by atoms with E-state index in [1.54, 1.807) is 0 Å². The highest BCUT2D eigenvalue weighted by atomic mass is 19.1. The molecule has 0 radical (unpaired) electrons. The number of carbonyl (C=O) groups excluding carboxylic acids is 2. The van der Waals surface area contributed by atoms with Gasteiger partial charge in [0.05, 0.1) is 12.1 Å². The Morgan fingerprint density at radius 2 is 2.03 bits per heavy atom. The number of piperidine rings is 1. The van der Waals surface area contributed by atoms with E-state index in [1.165, 1.54) is 18.9 Å². The molecule has 2 amide bonds. The lowest BCUT2D eigenvalue weighted by atomic mass is 9.94. The second-order valence-corrected chi connectivity index (χ2v) is 8.68. The molecule has 3 aliphatic rings. The van der Waals surface area contributed by atoms with Gasteiger partial charge < -0.3 is 4.74 Å². The summed E-state index contributed by atoms with van der Waals surface area (Å²) < 4.78 is 19.7. The van der Waals surface area contributed by atoms with Gasteiger partial charge in [-0.2, -0.15) is 0 Å². The average molecular weight is 416 g/mol. The second kappa shape index (κ2) is 9.27. The number of benzene rings is 1. The summed E-state index contributed by atoms with van der Waals surface area (Å²) in [6, 6.07) is 5.16. The minimum absolute atomic E-state index is 0.102. The van der Waals surface area contributed by atoms with Crippen LogP contribution in [0, 0.1) is 17.7 Å². The van der Waals surface area contributed by atoms with Gasteiger partial charge in [-0.25, -0.2) is 9.82 Å². The van der Waals surface area contributed by atoms with Crippen LogP contribution in [-0.2, 0) is 15.1 Å². The fourth-order valence-corrected chi connectivity index (χ4v) is 3.74. The highest BCUT2D eigenvalue weighted by Crippen LogP contribution is 2.46. The minimum atomic E-state index is -0.302. The largest absolute Gasteiger partial charge is 0.490 e. The summed E-state index contributed by atoms with van der Waals surface area (Å²) in [6.07, 6.45) is 11.0. The van der Waals surface area contributed by atoms with E-state index in [2.05, 4.69) is 22.2 Å². The summed E-state index contributed by atoms with van der Waals surface area (Å²) in [5.74, 6) is 0.201. The molecule has 3 fully saturated rings. The van der Waals surface area contributed by atoms with Crippen molar-refractivity contribution in [2.45, 2.75) is 56.9 Å². The Morgan fingerprint density at radius 1 is 1.20 bits per heavy atom. The van der Waals surface area contributed by atoms with Gasteiger partial charge in [-0.3, -0.25) is 20.3 Å². The topological polar surface area (TPSA) is 79.5 Å². The molecule has 7 heteroatoms. The van der Waals surface area contributed by atoms with Crippen molar-refractivity contribution in [3.63, 3.8) is 0 Å². The van der Waals surface area contributed by atoms with Crippen molar-refractivity contribution >= 4 is 11.8 Å². The standard InChI is InChI=1S/C23H30FN3O3/c24-19-9-8-18(14-20(19)30-15-16-5-6-16)23(11-12-23)27-25-13-3-1-2-4-17-7-10-21(28)26-22(17)29/h1-2,8-9,14,16-17,25,27H,3-7,10-13,15H2,(H,26,28,29)/b2-1+. The molecule has 0 spiro atoms. The maximum Gasteiger partial charge on any atom is 0.229 e. The highest BCUT2D eigenvalue weighted by Gasteiger charge is 2.44. The maximum atomic E-state index is 14.0. The first-order chi connectivity index (χ1) is 14.6.